The van der Waals surface area contributed by atoms with Crippen molar-refractivity contribution in [3.05, 3.63) is 9.88 Å². The highest BCUT2D eigenvalue weighted by atomic mass is 32.1. The number of carbonyl (C=O) groups excluding carboxylic acids is 1. The molecule has 0 aliphatic carbocycles. The van der Waals surface area contributed by atoms with Crippen molar-refractivity contribution in [1.29, 1.82) is 0 Å². The summed E-state index contributed by atoms with van der Waals surface area (Å²) in [5.74, 6) is -2.75. The maximum Gasteiger partial charge on any atom is 0.490 e. The maximum atomic E-state index is 11.1. The van der Waals surface area contributed by atoms with Gasteiger partial charge in [0.15, 0.2) is 0 Å². The number of carboxylic acids is 1. The van der Waals surface area contributed by atoms with Crippen LogP contribution in [-0.4, -0.2) is 34.8 Å². The van der Waals surface area contributed by atoms with Crippen LogP contribution < -0.4 is 5.73 Å². The van der Waals surface area contributed by atoms with Crippen molar-refractivity contribution in [2.24, 2.45) is 0 Å². The number of esters is 1. The van der Waals surface area contributed by atoms with E-state index in [9.17, 15) is 18.0 Å². The molecule has 0 aromatic carbocycles. The van der Waals surface area contributed by atoms with Crippen molar-refractivity contribution in [3.63, 3.8) is 0 Å². The van der Waals surface area contributed by atoms with Crippen LogP contribution in [0, 0.1) is 6.92 Å². The first-order valence-corrected chi connectivity index (χ1v) is 5.61. The summed E-state index contributed by atoms with van der Waals surface area (Å²) in [6, 6.07) is 0. The van der Waals surface area contributed by atoms with Gasteiger partial charge in [0, 0.05) is 4.88 Å². The number of nitrogens with two attached hydrogens (primary N) is 1. The lowest BCUT2D eigenvalue weighted by molar-refractivity contribution is -0.192. The van der Waals surface area contributed by atoms with Crippen LogP contribution in [0.1, 0.15) is 21.6 Å². The van der Waals surface area contributed by atoms with Gasteiger partial charge < -0.3 is 15.6 Å². The zero-order valence-electron chi connectivity index (χ0n) is 9.95. The lowest BCUT2D eigenvalue weighted by Gasteiger charge is -1.94. The van der Waals surface area contributed by atoms with Crippen molar-refractivity contribution < 1.29 is 32.6 Å². The molecular weight excluding hydrogens is 289 g/mol. The number of anilines is 1. The number of ether oxygens (including phenoxy) is 1. The number of alkyl halides is 3. The van der Waals surface area contributed by atoms with Crippen molar-refractivity contribution in [3.8, 4) is 0 Å². The molecule has 0 spiro atoms. The normalized spacial score (nSPS) is 10.4. The third kappa shape index (κ3) is 6.04. The van der Waals surface area contributed by atoms with Crippen molar-refractivity contribution in [2.75, 3.05) is 12.3 Å². The number of carbonyl (C=O) groups is 2. The Kier molecular flexibility index (Phi) is 6.25. The molecule has 0 fully saturated rings. The quantitative estimate of drug-likeness (QED) is 0.808. The first-order chi connectivity index (χ1) is 8.59. The van der Waals surface area contributed by atoms with E-state index in [-0.39, 0.29) is 0 Å². The zero-order chi connectivity index (χ0) is 15.2. The fourth-order valence-corrected chi connectivity index (χ4v) is 1.41. The minimum Gasteiger partial charge on any atom is -0.475 e. The molecule has 0 saturated heterocycles. The van der Waals surface area contributed by atoms with Crippen LogP contribution in [0.2, 0.25) is 0 Å². The van der Waals surface area contributed by atoms with E-state index in [1.54, 1.807) is 6.92 Å². The van der Waals surface area contributed by atoms with Gasteiger partial charge >= 0.3 is 18.1 Å². The first-order valence-electron chi connectivity index (χ1n) is 4.79. The highest BCUT2D eigenvalue weighted by Gasteiger charge is 2.38. The minimum atomic E-state index is -5.08. The van der Waals surface area contributed by atoms with Crippen molar-refractivity contribution >= 4 is 29.1 Å². The summed E-state index contributed by atoms with van der Waals surface area (Å²) in [5, 5.41) is 7.45. The molecule has 0 aliphatic heterocycles. The Morgan fingerprint density at radius 1 is 1.47 bits per heavy atom. The summed E-state index contributed by atoms with van der Waals surface area (Å²) in [6.45, 7) is 3.93. The first kappa shape index (κ1) is 17.2. The molecule has 3 N–H and O–H groups in total. The number of rotatable bonds is 2. The molecular formula is C9H11F3N2O4S. The van der Waals surface area contributed by atoms with Crippen molar-refractivity contribution in [1.82, 2.24) is 4.98 Å². The van der Waals surface area contributed by atoms with E-state index in [0.29, 0.717) is 17.4 Å². The summed E-state index contributed by atoms with van der Waals surface area (Å²) < 4.78 is 36.5. The Morgan fingerprint density at radius 2 is 1.95 bits per heavy atom. The molecule has 0 bridgehead atoms. The third-order valence-corrected chi connectivity index (χ3v) is 2.49. The van der Waals surface area contributed by atoms with Crippen molar-refractivity contribution in [2.45, 2.75) is 20.0 Å². The van der Waals surface area contributed by atoms with E-state index in [1.807, 2.05) is 6.92 Å². The Bertz CT molecular complexity index is 439. The minimum absolute atomic E-state index is 0.326. The molecule has 19 heavy (non-hydrogen) atoms. The number of halogens is 3. The maximum absolute atomic E-state index is 11.1. The van der Waals surface area contributed by atoms with Gasteiger partial charge in [-0.3, -0.25) is 0 Å². The van der Waals surface area contributed by atoms with Crippen LogP contribution in [0.3, 0.4) is 0 Å². The molecule has 1 rings (SSSR count). The number of thiazole rings is 1. The number of hydrogen-bond acceptors (Lipinski definition) is 6. The average Bonchev–Trinajstić information content (AvgIpc) is 2.59. The van der Waals surface area contributed by atoms with E-state index < -0.39 is 18.1 Å². The zero-order valence-corrected chi connectivity index (χ0v) is 10.8. The number of carboxylic acid groups (broad SMARTS) is 1. The monoisotopic (exact) mass is 300 g/mol. The fraction of sp³-hybridized carbons (Fsp3) is 0.444. The van der Waals surface area contributed by atoms with Gasteiger partial charge in [0.05, 0.1) is 6.61 Å². The largest absolute Gasteiger partial charge is 0.490 e. The summed E-state index contributed by atoms with van der Waals surface area (Å²) in [5.41, 5.74) is 5.47. The number of nitrogens with zero attached hydrogens (tertiary/aromatic N) is 1. The highest BCUT2D eigenvalue weighted by Crippen LogP contribution is 2.19. The Morgan fingerprint density at radius 3 is 2.21 bits per heavy atom. The van der Waals surface area contributed by atoms with Crippen LogP contribution in [0.25, 0.3) is 0 Å². The molecule has 0 unspecified atom stereocenters. The van der Waals surface area contributed by atoms with Gasteiger partial charge in [0.2, 0.25) is 5.01 Å². The van der Waals surface area contributed by atoms with Gasteiger partial charge in [-0.05, 0) is 13.8 Å². The van der Waals surface area contributed by atoms with Gasteiger partial charge in [-0.1, -0.05) is 0 Å². The average molecular weight is 300 g/mol. The summed E-state index contributed by atoms with van der Waals surface area (Å²) >= 11 is 1.25. The lowest BCUT2D eigenvalue weighted by atomic mass is 10.6. The smallest absolute Gasteiger partial charge is 0.475 e. The topological polar surface area (TPSA) is 103 Å². The molecule has 0 radical (unpaired) electrons. The SMILES string of the molecule is CCOC(=O)c1nc(N)c(C)s1.O=C(O)C(F)(F)F. The molecule has 0 aliphatic rings. The highest BCUT2D eigenvalue weighted by molar-refractivity contribution is 7.13. The predicted molar refractivity (Wildman–Crippen MR) is 60.9 cm³/mol. The molecule has 1 aromatic rings. The Hall–Kier alpha value is -1.84. The number of aliphatic carboxylic acids is 1. The number of hydrogen-bond donors (Lipinski definition) is 2. The van der Waals surface area contributed by atoms with E-state index in [4.69, 9.17) is 20.4 Å². The molecule has 1 aromatic heterocycles. The van der Waals surface area contributed by atoms with Gasteiger partial charge in [0.25, 0.3) is 0 Å². The van der Waals surface area contributed by atoms with Gasteiger partial charge in [-0.2, -0.15) is 13.2 Å². The lowest BCUT2D eigenvalue weighted by Crippen LogP contribution is -2.21. The Labute approximate surface area is 110 Å². The van der Waals surface area contributed by atoms with E-state index in [0.717, 1.165) is 4.88 Å². The van der Waals surface area contributed by atoms with Gasteiger partial charge in [-0.25, -0.2) is 14.6 Å². The van der Waals surface area contributed by atoms with Crippen LogP contribution in [-0.2, 0) is 9.53 Å². The van der Waals surface area contributed by atoms with Crippen LogP contribution in [0.15, 0.2) is 0 Å². The third-order valence-electron chi connectivity index (χ3n) is 1.53. The summed E-state index contributed by atoms with van der Waals surface area (Å²) in [4.78, 5) is 24.7. The molecule has 10 heteroatoms. The predicted octanol–water partition coefficient (Wildman–Crippen LogP) is 1.84. The second kappa shape index (κ2) is 6.92. The second-order valence-electron chi connectivity index (χ2n) is 2.98. The Balaban J connectivity index is 0.000000399. The standard InChI is InChI=1S/C7H10N2O2S.C2HF3O2/c1-3-11-7(10)6-9-5(8)4(2)12-6;3-2(4,5)1(6)7/h3,8H2,1-2H3;(H,6,7). The van der Waals surface area contributed by atoms with Gasteiger partial charge in [-0.15, -0.1) is 11.3 Å². The van der Waals surface area contributed by atoms with E-state index in [2.05, 4.69) is 4.98 Å². The number of aromatic nitrogens is 1. The molecule has 0 amide bonds. The van der Waals surface area contributed by atoms with Crippen LogP contribution in [0.4, 0.5) is 19.0 Å². The van der Waals surface area contributed by atoms with E-state index in [1.165, 1.54) is 11.3 Å². The molecule has 1 heterocycles. The molecule has 108 valence electrons. The number of aryl methyl sites for hydroxylation is 1. The molecule has 0 saturated carbocycles. The van der Waals surface area contributed by atoms with E-state index >= 15 is 0 Å². The fourth-order valence-electron chi connectivity index (χ4n) is 0.688. The number of nitrogen functional groups attached to an aromatic ring is 1. The van der Waals surface area contributed by atoms with Crippen LogP contribution in [0.5, 0.6) is 0 Å². The molecule has 0 atom stereocenters. The second-order valence-corrected chi connectivity index (χ2v) is 4.19. The summed E-state index contributed by atoms with van der Waals surface area (Å²) in [6.07, 6.45) is -5.08. The molecule has 6 nitrogen and oxygen atoms in total. The van der Waals surface area contributed by atoms with Crippen LogP contribution >= 0.6 is 11.3 Å². The summed E-state index contributed by atoms with van der Waals surface area (Å²) in [7, 11) is 0. The van der Waals surface area contributed by atoms with Gasteiger partial charge in [0.1, 0.15) is 5.82 Å².